The molecular formula is C22H29N5O3. The number of fused-ring (bicyclic) bond motifs is 1. The number of ether oxygens (including phenoxy) is 3. The number of likely N-dealkylation sites (tertiary alicyclic amines) is 1. The summed E-state index contributed by atoms with van der Waals surface area (Å²) in [5.41, 5.74) is 2.96. The molecule has 3 aromatic rings. The number of hydrogen-bond donors (Lipinski definition) is 1. The van der Waals surface area contributed by atoms with E-state index in [1.165, 1.54) is 25.9 Å². The molecule has 1 N–H and O–H groups in total. The van der Waals surface area contributed by atoms with Crippen LogP contribution in [0.4, 0.5) is 5.82 Å². The molecule has 0 bridgehead atoms. The number of methoxy groups -OCH3 is 2. The van der Waals surface area contributed by atoms with Crippen molar-refractivity contribution in [3.63, 3.8) is 0 Å². The number of benzene rings is 1. The number of anilines is 1. The van der Waals surface area contributed by atoms with Crippen molar-refractivity contribution in [1.29, 1.82) is 0 Å². The van der Waals surface area contributed by atoms with Crippen LogP contribution >= 0.6 is 0 Å². The largest absolute Gasteiger partial charge is 0.497 e. The van der Waals surface area contributed by atoms with E-state index in [4.69, 9.17) is 14.2 Å². The summed E-state index contributed by atoms with van der Waals surface area (Å²) in [6.45, 7) is 6.60. The summed E-state index contributed by atoms with van der Waals surface area (Å²) in [4.78, 5) is 6.90. The van der Waals surface area contributed by atoms with Crippen LogP contribution in [0.2, 0.25) is 0 Å². The van der Waals surface area contributed by atoms with E-state index in [-0.39, 0.29) is 0 Å². The van der Waals surface area contributed by atoms with Gasteiger partial charge in [-0.05, 0) is 45.0 Å². The minimum atomic E-state index is 0.565. The molecule has 1 aromatic carbocycles. The van der Waals surface area contributed by atoms with Crippen LogP contribution in [0.25, 0.3) is 5.52 Å². The van der Waals surface area contributed by atoms with Crippen molar-refractivity contribution in [2.75, 3.05) is 45.8 Å². The first-order chi connectivity index (χ1) is 14.7. The number of nitrogens with one attached hydrogen (secondary N) is 1. The quantitative estimate of drug-likeness (QED) is 0.580. The average molecular weight is 412 g/mol. The van der Waals surface area contributed by atoms with Crippen molar-refractivity contribution >= 4 is 11.3 Å². The van der Waals surface area contributed by atoms with Crippen LogP contribution in [0.15, 0.2) is 30.7 Å². The molecule has 1 fully saturated rings. The molecule has 3 heterocycles. The lowest BCUT2D eigenvalue weighted by molar-refractivity contribution is 0.237. The van der Waals surface area contributed by atoms with Crippen LogP contribution in [0.5, 0.6) is 17.2 Å². The standard InChI is InChI=1S/C22H29N5O3/c1-16-20(30-11-10-26-8-4-5-9-26)14-27-21(16)22(24-15-25-27)23-13-17-6-7-18(28-2)12-19(17)29-3/h6-7,12,14-15H,4-5,8-11,13H2,1-3H3,(H,23,24,25). The van der Waals surface area contributed by atoms with E-state index in [9.17, 15) is 0 Å². The van der Waals surface area contributed by atoms with Crippen LogP contribution in [0.3, 0.4) is 0 Å². The number of nitrogens with zero attached hydrogens (tertiary/aromatic N) is 4. The summed E-state index contributed by atoms with van der Waals surface area (Å²) < 4.78 is 18.7. The van der Waals surface area contributed by atoms with Gasteiger partial charge < -0.3 is 19.5 Å². The van der Waals surface area contributed by atoms with E-state index in [1.807, 2.05) is 35.8 Å². The highest BCUT2D eigenvalue weighted by Gasteiger charge is 2.16. The van der Waals surface area contributed by atoms with Gasteiger partial charge in [-0.3, -0.25) is 4.90 Å². The maximum Gasteiger partial charge on any atom is 0.154 e. The molecule has 1 aliphatic rings. The van der Waals surface area contributed by atoms with Crippen LogP contribution in [0, 0.1) is 6.92 Å². The SMILES string of the molecule is COc1ccc(CNc2ncnn3cc(OCCN4CCCC4)c(C)c23)c(OC)c1. The summed E-state index contributed by atoms with van der Waals surface area (Å²) in [6, 6.07) is 5.78. The molecule has 1 aliphatic heterocycles. The molecule has 0 aliphatic carbocycles. The van der Waals surface area contributed by atoms with Gasteiger partial charge in [0.1, 0.15) is 35.7 Å². The number of hydrogen-bond acceptors (Lipinski definition) is 7. The van der Waals surface area contributed by atoms with Gasteiger partial charge >= 0.3 is 0 Å². The maximum absolute atomic E-state index is 6.07. The van der Waals surface area contributed by atoms with Gasteiger partial charge in [-0.25, -0.2) is 9.50 Å². The van der Waals surface area contributed by atoms with Crippen molar-refractivity contribution in [3.05, 3.63) is 41.9 Å². The Morgan fingerprint density at radius 3 is 2.70 bits per heavy atom. The third-order valence-electron chi connectivity index (χ3n) is 5.58. The second-order valence-electron chi connectivity index (χ2n) is 7.45. The fourth-order valence-corrected chi connectivity index (χ4v) is 3.88. The lowest BCUT2D eigenvalue weighted by atomic mass is 10.2. The monoisotopic (exact) mass is 411 g/mol. The maximum atomic E-state index is 6.07. The smallest absolute Gasteiger partial charge is 0.154 e. The molecule has 4 rings (SSSR count). The Balaban J connectivity index is 1.48. The molecule has 0 spiro atoms. The lowest BCUT2D eigenvalue weighted by Crippen LogP contribution is -2.25. The molecule has 8 heteroatoms. The first kappa shape index (κ1) is 20.3. The highest BCUT2D eigenvalue weighted by molar-refractivity contribution is 5.75. The fraction of sp³-hybridized carbons (Fsp3) is 0.455. The topological polar surface area (TPSA) is 73.2 Å². The molecule has 2 aromatic heterocycles. The van der Waals surface area contributed by atoms with E-state index >= 15 is 0 Å². The molecule has 1 saturated heterocycles. The summed E-state index contributed by atoms with van der Waals surface area (Å²) in [7, 11) is 3.30. The zero-order valence-corrected chi connectivity index (χ0v) is 17.9. The Bertz CT molecular complexity index is 998. The van der Waals surface area contributed by atoms with Gasteiger partial charge in [0.15, 0.2) is 5.82 Å². The third-order valence-corrected chi connectivity index (χ3v) is 5.58. The summed E-state index contributed by atoms with van der Waals surface area (Å²) >= 11 is 0. The van der Waals surface area contributed by atoms with Gasteiger partial charge in [-0.1, -0.05) is 0 Å². The van der Waals surface area contributed by atoms with E-state index in [1.54, 1.807) is 20.5 Å². The zero-order chi connectivity index (χ0) is 20.9. The summed E-state index contributed by atoms with van der Waals surface area (Å²) in [6.07, 6.45) is 6.06. The highest BCUT2D eigenvalue weighted by Crippen LogP contribution is 2.30. The third kappa shape index (κ3) is 4.28. The molecule has 160 valence electrons. The second kappa shape index (κ2) is 9.21. The Hall–Kier alpha value is -3.00. The van der Waals surface area contributed by atoms with Crippen molar-refractivity contribution in [3.8, 4) is 17.2 Å². The van der Waals surface area contributed by atoms with E-state index in [0.717, 1.165) is 46.3 Å². The number of aromatic nitrogens is 3. The predicted molar refractivity (Wildman–Crippen MR) is 116 cm³/mol. The molecule has 0 amide bonds. The molecule has 0 radical (unpaired) electrons. The first-order valence-corrected chi connectivity index (χ1v) is 10.3. The van der Waals surface area contributed by atoms with Gasteiger partial charge in [0.2, 0.25) is 0 Å². The Morgan fingerprint density at radius 2 is 1.93 bits per heavy atom. The highest BCUT2D eigenvalue weighted by atomic mass is 16.5. The van der Waals surface area contributed by atoms with E-state index in [0.29, 0.717) is 13.2 Å². The van der Waals surface area contributed by atoms with E-state index in [2.05, 4.69) is 20.3 Å². The van der Waals surface area contributed by atoms with Crippen molar-refractivity contribution < 1.29 is 14.2 Å². The summed E-state index contributed by atoms with van der Waals surface area (Å²) in [5, 5.41) is 7.77. The van der Waals surface area contributed by atoms with E-state index < -0.39 is 0 Å². The Labute approximate surface area is 176 Å². The Morgan fingerprint density at radius 1 is 1.10 bits per heavy atom. The average Bonchev–Trinajstić information content (AvgIpc) is 3.40. The summed E-state index contributed by atoms with van der Waals surface area (Å²) in [5.74, 6) is 3.14. The number of rotatable bonds is 9. The predicted octanol–water partition coefficient (Wildman–Crippen LogP) is 3.14. The second-order valence-corrected chi connectivity index (χ2v) is 7.45. The van der Waals surface area contributed by atoms with Crippen molar-refractivity contribution in [1.82, 2.24) is 19.5 Å². The van der Waals surface area contributed by atoms with Crippen LogP contribution in [-0.4, -0.2) is 60.0 Å². The van der Waals surface area contributed by atoms with Gasteiger partial charge in [-0.2, -0.15) is 5.10 Å². The van der Waals surface area contributed by atoms with Gasteiger partial charge in [0.05, 0.1) is 20.4 Å². The zero-order valence-electron chi connectivity index (χ0n) is 17.9. The Kier molecular flexibility index (Phi) is 6.23. The van der Waals surface area contributed by atoms with Gasteiger partial charge in [-0.15, -0.1) is 0 Å². The minimum Gasteiger partial charge on any atom is -0.497 e. The van der Waals surface area contributed by atoms with Gasteiger partial charge in [0.25, 0.3) is 0 Å². The first-order valence-electron chi connectivity index (χ1n) is 10.3. The molecule has 8 nitrogen and oxygen atoms in total. The van der Waals surface area contributed by atoms with Crippen molar-refractivity contribution in [2.45, 2.75) is 26.3 Å². The van der Waals surface area contributed by atoms with Crippen LogP contribution < -0.4 is 19.5 Å². The normalized spacial score (nSPS) is 14.2. The molecular weight excluding hydrogens is 382 g/mol. The number of aryl methyl sites for hydroxylation is 1. The lowest BCUT2D eigenvalue weighted by Gasteiger charge is -2.14. The van der Waals surface area contributed by atoms with Gasteiger partial charge in [0, 0.05) is 30.3 Å². The molecule has 0 saturated carbocycles. The van der Waals surface area contributed by atoms with Crippen LogP contribution in [-0.2, 0) is 6.54 Å². The molecule has 0 unspecified atom stereocenters. The van der Waals surface area contributed by atoms with Crippen LogP contribution in [0.1, 0.15) is 24.0 Å². The molecule has 0 atom stereocenters. The van der Waals surface area contributed by atoms with Crippen molar-refractivity contribution in [2.24, 2.45) is 0 Å². The minimum absolute atomic E-state index is 0.565. The fourth-order valence-electron chi connectivity index (χ4n) is 3.88. The molecule has 30 heavy (non-hydrogen) atoms.